The van der Waals surface area contributed by atoms with Crippen LogP contribution in [0.25, 0.3) is 10.2 Å². The van der Waals surface area contributed by atoms with E-state index in [0.29, 0.717) is 35.7 Å². The third kappa shape index (κ3) is 4.51. The maximum Gasteiger partial charge on any atom is 0.262 e. The fourth-order valence-electron chi connectivity index (χ4n) is 2.75. The molecule has 7 nitrogen and oxygen atoms in total. The second-order valence-corrected chi connectivity index (χ2v) is 7.45. The number of aryl methyl sites for hydroxylation is 2. The van der Waals surface area contributed by atoms with Crippen LogP contribution in [0.2, 0.25) is 0 Å². The van der Waals surface area contributed by atoms with Gasteiger partial charge < -0.3 is 14.8 Å². The van der Waals surface area contributed by atoms with Gasteiger partial charge in [-0.05, 0) is 50.6 Å². The van der Waals surface area contributed by atoms with Crippen LogP contribution < -0.4 is 20.3 Å². The lowest BCUT2D eigenvalue weighted by Gasteiger charge is -2.09. The Kier molecular flexibility index (Phi) is 6.30. The molecule has 2 heterocycles. The normalized spacial score (nSPS) is 10.8. The van der Waals surface area contributed by atoms with Crippen molar-refractivity contribution in [3.05, 3.63) is 51.4 Å². The van der Waals surface area contributed by atoms with E-state index in [2.05, 4.69) is 10.3 Å². The molecular formula is C20H23N3O4S. The average Bonchev–Trinajstić information content (AvgIpc) is 2.97. The van der Waals surface area contributed by atoms with Crippen LogP contribution in [0.4, 0.5) is 0 Å². The Bertz CT molecular complexity index is 1020. The number of carbonyl (C=O) groups is 1. The third-order valence-corrected chi connectivity index (χ3v) is 5.41. The molecule has 1 aromatic carbocycles. The minimum atomic E-state index is -0.261. The summed E-state index contributed by atoms with van der Waals surface area (Å²) < 4.78 is 12.3. The molecule has 0 fully saturated rings. The van der Waals surface area contributed by atoms with Gasteiger partial charge in [0.1, 0.15) is 29.5 Å². The van der Waals surface area contributed by atoms with Crippen molar-refractivity contribution in [2.24, 2.45) is 0 Å². The molecule has 28 heavy (non-hydrogen) atoms. The molecule has 0 saturated heterocycles. The van der Waals surface area contributed by atoms with Gasteiger partial charge in [0.25, 0.3) is 5.56 Å². The SMILES string of the molecule is CCOc1ccc(OCCNC(=O)Cn2cnc3sc(C)c(C)c3c2=O)cc1. The zero-order valence-corrected chi connectivity index (χ0v) is 17.0. The van der Waals surface area contributed by atoms with Crippen molar-refractivity contribution >= 4 is 27.5 Å². The van der Waals surface area contributed by atoms with E-state index in [-0.39, 0.29) is 18.0 Å². The number of aromatic nitrogens is 2. The number of hydrogen-bond acceptors (Lipinski definition) is 6. The summed E-state index contributed by atoms with van der Waals surface area (Å²) in [4.78, 5) is 30.8. The maximum absolute atomic E-state index is 12.6. The van der Waals surface area contributed by atoms with Gasteiger partial charge in [0.2, 0.25) is 5.91 Å². The number of carbonyl (C=O) groups excluding carboxylic acids is 1. The molecule has 0 atom stereocenters. The van der Waals surface area contributed by atoms with Crippen LogP contribution in [0.1, 0.15) is 17.4 Å². The van der Waals surface area contributed by atoms with E-state index in [1.807, 2.05) is 45.0 Å². The monoisotopic (exact) mass is 401 g/mol. The molecule has 148 valence electrons. The topological polar surface area (TPSA) is 82.4 Å². The minimum absolute atomic E-state index is 0.0703. The Morgan fingerprint density at radius 1 is 1.18 bits per heavy atom. The molecule has 0 bridgehead atoms. The lowest BCUT2D eigenvalue weighted by atomic mass is 10.2. The molecule has 3 aromatic rings. The highest BCUT2D eigenvalue weighted by molar-refractivity contribution is 7.18. The summed E-state index contributed by atoms with van der Waals surface area (Å²) in [5.41, 5.74) is 0.739. The summed E-state index contributed by atoms with van der Waals surface area (Å²) >= 11 is 1.49. The summed E-state index contributed by atoms with van der Waals surface area (Å²) in [5, 5.41) is 3.35. The summed E-state index contributed by atoms with van der Waals surface area (Å²) in [6, 6.07) is 7.30. The lowest BCUT2D eigenvalue weighted by Crippen LogP contribution is -2.34. The van der Waals surface area contributed by atoms with Crippen LogP contribution >= 0.6 is 11.3 Å². The molecule has 0 aliphatic rings. The summed E-state index contributed by atoms with van der Waals surface area (Å²) in [6.45, 7) is 7.00. The van der Waals surface area contributed by atoms with E-state index >= 15 is 0 Å². The first-order chi connectivity index (χ1) is 13.5. The largest absolute Gasteiger partial charge is 0.494 e. The summed E-state index contributed by atoms with van der Waals surface area (Å²) in [5.74, 6) is 1.23. The predicted octanol–water partition coefficient (Wildman–Crippen LogP) is 2.67. The van der Waals surface area contributed by atoms with Crippen molar-refractivity contribution in [3.63, 3.8) is 0 Å². The average molecular weight is 401 g/mol. The fourth-order valence-corrected chi connectivity index (χ4v) is 3.74. The Morgan fingerprint density at radius 3 is 2.54 bits per heavy atom. The molecule has 8 heteroatoms. The smallest absolute Gasteiger partial charge is 0.262 e. The Labute approximate surface area is 166 Å². The van der Waals surface area contributed by atoms with E-state index in [0.717, 1.165) is 16.2 Å². The van der Waals surface area contributed by atoms with Crippen molar-refractivity contribution in [1.82, 2.24) is 14.9 Å². The first-order valence-corrected chi connectivity index (χ1v) is 9.88. The van der Waals surface area contributed by atoms with E-state index in [9.17, 15) is 9.59 Å². The van der Waals surface area contributed by atoms with Crippen molar-refractivity contribution in [3.8, 4) is 11.5 Å². The standard InChI is InChI=1S/C20H23N3O4S/c1-4-26-15-5-7-16(8-6-15)27-10-9-21-17(24)11-23-12-22-19-18(20(23)25)13(2)14(3)28-19/h5-8,12H,4,9-11H2,1-3H3,(H,21,24). The van der Waals surface area contributed by atoms with Gasteiger partial charge in [0.15, 0.2) is 0 Å². The molecule has 0 unspecified atom stereocenters. The molecule has 0 radical (unpaired) electrons. The zero-order chi connectivity index (χ0) is 20.1. The van der Waals surface area contributed by atoms with Crippen molar-refractivity contribution in [2.45, 2.75) is 27.3 Å². The molecule has 2 aromatic heterocycles. The zero-order valence-electron chi connectivity index (χ0n) is 16.2. The number of hydrogen-bond donors (Lipinski definition) is 1. The van der Waals surface area contributed by atoms with Crippen LogP contribution in [0.15, 0.2) is 35.4 Å². The Hall–Kier alpha value is -2.87. The molecule has 0 saturated carbocycles. The molecule has 0 aliphatic carbocycles. The van der Waals surface area contributed by atoms with Gasteiger partial charge >= 0.3 is 0 Å². The van der Waals surface area contributed by atoms with Crippen LogP contribution in [0.5, 0.6) is 11.5 Å². The fraction of sp³-hybridized carbons (Fsp3) is 0.350. The van der Waals surface area contributed by atoms with Crippen LogP contribution in [0, 0.1) is 13.8 Å². The van der Waals surface area contributed by atoms with Crippen LogP contribution in [-0.2, 0) is 11.3 Å². The van der Waals surface area contributed by atoms with Crippen LogP contribution in [-0.4, -0.2) is 35.2 Å². The molecule has 3 rings (SSSR count). The lowest BCUT2D eigenvalue weighted by molar-refractivity contribution is -0.121. The van der Waals surface area contributed by atoms with Crippen molar-refractivity contribution in [1.29, 1.82) is 0 Å². The second kappa shape index (κ2) is 8.88. The van der Waals surface area contributed by atoms with Crippen LogP contribution in [0.3, 0.4) is 0 Å². The number of fused-ring (bicyclic) bond motifs is 1. The third-order valence-electron chi connectivity index (χ3n) is 4.30. The van der Waals surface area contributed by atoms with Gasteiger partial charge in [0, 0.05) is 4.88 Å². The number of rotatable bonds is 8. The van der Waals surface area contributed by atoms with Gasteiger partial charge in [-0.3, -0.25) is 14.2 Å². The van der Waals surface area contributed by atoms with Gasteiger partial charge in [0.05, 0.1) is 24.9 Å². The molecule has 1 amide bonds. The number of benzene rings is 1. The first kappa shape index (κ1) is 19.9. The molecule has 0 spiro atoms. The second-order valence-electron chi connectivity index (χ2n) is 6.24. The highest BCUT2D eigenvalue weighted by Crippen LogP contribution is 2.25. The predicted molar refractivity (Wildman–Crippen MR) is 109 cm³/mol. The van der Waals surface area contributed by atoms with E-state index < -0.39 is 0 Å². The molecule has 1 N–H and O–H groups in total. The van der Waals surface area contributed by atoms with Crippen molar-refractivity contribution < 1.29 is 14.3 Å². The number of ether oxygens (including phenoxy) is 2. The van der Waals surface area contributed by atoms with Crippen molar-refractivity contribution in [2.75, 3.05) is 19.8 Å². The minimum Gasteiger partial charge on any atom is -0.494 e. The van der Waals surface area contributed by atoms with E-state index in [4.69, 9.17) is 9.47 Å². The first-order valence-electron chi connectivity index (χ1n) is 9.07. The number of thiophene rings is 1. The molecular weight excluding hydrogens is 378 g/mol. The van der Waals surface area contributed by atoms with E-state index in [1.54, 1.807) is 0 Å². The summed E-state index contributed by atoms with van der Waals surface area (Å²) in [6.07, 6.45) is 1.43. The highest BCUT2D eigenvalue weighted by atomic mass is 32.1. The van der Waals surface area contributed by atoms with Gasteiger partial charge in [-0.2, -0.15) is 0 Å². The van der Waals surface area contributed by atoms with Gasteiger partial charge in [-0.1, -0.05) is 0 Å². The number of amides is 1. The van der Waals surface area contributed by atoms with Gasteiger partial charge in [-0.25, -0.2) is 4.98 Å². The van der Waals surface area contributed by atoms with E-state index in [1.165, 1.54) is 22.2 Å². The number of nitrogens with zero attached hydrogens (tertiary/aromatic N) is 2. The summed E-state index contributed by atoms with van der Waals surface area (Å²) in [7, 11) is 0. The molecule has 0 aliphatic heterocycles. The number of nitrogens with one attached hydrogen (secondary N) is 1. The Morgan fingerprint density at radius 2 is 1.86 bits per heavy atom. The quantitative estimate of drug-likeness (QED) is 0.587. The highest BCUT2D eigenvalue weighted by Gasteiger charge is 2.13. The maximum atomic E-state index is 12.6. The Balaban J connectivity index is 1.51. The van der Waals surface area contributed by atoms with Gasteiger partial charge in [-0.15, -0.1) is 11.3 Å².